The van der Waals surface area contributed by atoms with E-state index < -0.39 is 88.6 Å². The van der Waals surface area contributed by atoms with E-state index >= 15 is 0 Å². The maximum absolute atomic E-state index is 12.8. The Hall–Kier alpha value is -8.44. The monoisotopic (exact) mass is 1110 g/mol. The van der Waals surface area contributed by atoms with Crippen molar-refractivity contribution < 1.29 is 82.2 Å². The van der Waals surface area contributed by atoms with E-state index in [-0.39, 0.29) is 36.5 Å². The van der Waals surface area contributed by atoms with Crippen molar-refractivity contribution in [2.45, 2.75) is 156 Å². The Balaban J connectivity index is 0.000000609. The molecule has 79 heavy (non-hydrogen) atoms. The van der Waals surface area contributed by atoms with Crippen molar-refractivity contribution in [1.82, 2.24) is 26.6 Å². The number of hydrogen-bond donors (Lipinski definition) is 10. The number of carbonyl (C=O) groups is 10. The van der Waals surface area contributed by atoms with Crippen LogP contribution in [-0.2, 0) is 44.5 Å². The molecule has 0 aliphatic rings. The number of aliphatic carboxylic acids is 1. The third kappa shape index (κ3) is 34.8. The molecular weight excluding hydrogens is 1030 g/mol. The quantitative estimate of drug-likeness (QED) is 0.0358. The largest absolute Gasteiger partial charge is 0.481 e. The van der Waals surface area contributed by atoms with Gasteiger partial charge in [0.2, 0.25) is 17.7 Å². The third-order valence-electron chi connectivity index (χ3n) is 9.36. The number of carboxylic acid groups (broad SMARTS) is 3. The summed E-state index contributed by atoms with van der Waals surface area (Å²) in [4.78, 5) is 116. The van der Waals surface area contributed by atoms with Crippen LogP contribution in [0, 0.1) is 0 Å². The Morgan fingerprint density at radius 2 is 0.873 bits per heavy atom. The van der Waals surface area contributed by atoms with E-state index in [1.165, 1.54) is 48.5 Å². The molecule has 3 aromatic carbocycles. The molecule has 24 heteroatoms. The zero-order valence-electron chi connectivity index (χ0n) is 47.1. The Labute approximate surface area is 460 Å². The molecule has 3 aromatic rings. The summed E-state index contributed by atoms with van der Waals surface area (Å²) in [6.07, 6.45) is -0.598. The summed E-state index contributed by atoms with van der Waals surface area (Å²) in [5.41, 5.74) is -0.670. The number of carbonyl (C=O) groups excluding carboxylic acids is 7. The van der Waals surface area contributed by atoms with E-state index in [9.17, 15) is 47.9 Å². The SMILES string of the molecule is CC(C)(C)OC(=O)NCC(=O)Nc1ccc(C(=O)O)cc1.CC(C)(C)OC(=O)NCCCC[C@H](NC(=O)OC(C)(C)C)C(=O)Nc1ccc(C(=O)O)cc1.CC(C)(C)OC(=O)N[C@@H](Cc1ccccc1)C(=O)NCCCC(=O)O. The summed E-state index contributed by atoms with van der Waals surface area (Å²) in [5, 5.41) is 44.3. The molecule has 0 bridgehead atoms. The van der Waals surface area contributed by atoms with E-state index in [0.717, 1.165) is 5.56 Å². The van der Waals surface area contributed by atoms with Gasteiger partial charge < -0.3 is 71.5 Å². The molecule has 0 aliphatic heterocycles. The number of unbranched alkanes of at least 4 members (excludes halogenated alkanes) is 1. The van der Waals surface area contributed by atoms with Crippen LogP contribution >= 0.6 is 0 Å². The standard InChI is InChI=1S/C23H35N3O7.C18H26N2O5.C14H18N2O5/c1-22(2,3)32-20(30)24-14-8-7-9-17(26-21(31)33-23(4,5)6)18(27)25-16-12-10-15(11-13-16)19(28)29;1-18(2,3)25-17(24)20-14(12-13-8-5-4-6-9-13)16(23)19-11-7-10-15(21)22;1-14(2,3)21-13(20)15-8-11(17)16-10-6-4-9(5-7-10)12(18)19/h10-13,17H,7-9,14H2,1-6H3,(H,24,30)(H,25,27)(H,26,31)(H,28,29);4-6,8-9,14H,7,10-12H2,1-3H3,(H,19,23)(H,20,24)(H,21,22);4-7H,8H2,1-3H3,(H,15,20)(H,16,17)(H,18,19)/t17-;14-;/m00./s1. The Morgan fingerprint density at radius 3 is 1.32 bits per heavy atom. The minimum atomic E-state index is -1.07. The van der Waals surface area contributed by atoms with Gasteiger partial charge in [0.1, 0.15) is 41.0 Å². The van der Waals surface area contributed by atoms with Crippen molar-refractivity contribution in [3.05, 3.63) is 95.6 Å². The number of aromatic carboxylic acids is 2. The predicted molar refractivity (Wildman–Crippen MR) is 293 cm³/mol. The van der Waals surface area contributed by atoms with Gasteiger partial charge in [0.25, 0.3) is 0 Å². The summed E-state index contributed by atoms with van der Waals surface area (Å²) < 4.78 is 20.6. The molecule has 0 aliphatic carbocycles. The summed E-state index contributed by atoms with van der Waals surface area (Å²) in [6, 6.07) is 19.0. The number of hydrogen-bond acceptors (Lipinski definition) is 14. The second-order valence-electron chi connectivity index (χ2n) is 21.5. The van der Waals surface area contributed by atoms with Crippen molar-refractivity contribution in [3.8, 4) is 0 Å². The average Bonchev–Trinajstić information content (AvgIpc) is 3.30. The number of rotatable bonds is 21. The smallest absolute Gasteiger partial charge is 0.408 e. The van der Waals surface area contributed by atoms with E-state index in [1.807, 2.05) is 30.3 Å². The fourth-order valence-corrected chi connectivity index (χ4v) is 6.07. The lowest BCUT2D eigenvalue weighted by Crippen LogP contribution is -2.49. The first-order chi connectivity index (χ1) is 36.5. The first kappa shape index (κ1) is 68.6. The fourth-order valence-electron chi connectivity index (χ4n) is 6.07. The van der Waals surface area contributed by atoms with Gasteiger partial charge in [0, 0.05) is 37.3 Å². The Kier molecular flexibility index (Phi) is 28.6. The highest BCUT2D eigenvalue weighted by atomic mass is 16.6. The van der Waals surface area contributed by atoms with E-state index in [4.69, 9.17) is 34.3 Å². The molecule has 0 unspecified atom stereocenters. The maximum atomic E-state index is 12.8. The van der Waals surface area contributed by atoms with Crippen LogP contribution in [-0.4, -0.2) is 129 Å². The van der Waals surface area contributed by atoms with Gasteiger partial charge in [-0.2, -0.15) is 0 Å². The highest BCUT2D eigenvalue weighted by Gasteiger charge is 2.27. The molecule has 0 fully saturated rings. The fraction of sp³-hybridized carbons (Fsp3) is 0.491. The van der Waals surface area contributed by atoms with Crippen LogP contribution in [0.2, 0.25) is 0 Å². The van der Waals surface area contributed by atoms with E-state index in [2.05, 4.69) is 37.2 Å². The average molecular weight is 1110 g/mol. The topological polar surface area (TPSA) is 353 Å². The van der Waals surface area contributed by atoms with Gasteiger partial charge in [-0.3, -0.25) is 19.2 Å². The second kappa shape index (κ2) is 33.0. The van der Waals surface area contributed by atoms with Crippen LogP contribution in [0.1, 0.15) is 141 Å². The highest BCUT2D eigenvalue weighted by Crippen LogP contribution is 2.15. The first-order valence-corrected chi connectivity index (χ1v) is 25.2. The van der Waals surface area contributed by atoms with Crippen molar-refractivity contribution >= 4 is 71.4 Å². The van der Waals surface area contributed by atoms with E-state index in [1.54, 1.807) is 83.1 Å². The molecule has 2 atom stereocenters. The molecule has 7 amide bonds. The molecule has 436 valence electrons. The molecule has 0 aromatic heterocycles. The third-order valence-corrected chi connectivity index (χ3v) is 9.36. The minimum Gasteiger partial charge on any atom is -0.481 e. The first-order valence-electron chi connectivity index (χ1n) is 25.2. The van der Waals surface area contributed by atoms with Crippen LogP contribution in [0.25, 0.3) is 0 Å². The summed E-state index contributed by atoms with van der Waals surface area (Å²) in [7, 11) is 0. The van der Waals surface area contributed by atoms with Crippen molar-refractivity contribution in [2.75, 3.05) is 30.3 Å². The van der Waals surface area contributed by atoms with Crippen LogP contribution in [0.4, 0.5) is 30.6 Å². The highest BCUT2D eigenvalue weighted by molar-refractivity contribution is 5.97. The molecule has 3 rings (SSSR count). The van der Waals surface area contributed by atoms with Crippen LogP contribution < -0.4 is 37.2 Å². The number of amides is 7. The summed E-state index contributed by atoms with van der Waals surface area (Å²) in [6.45, 7) is 21.2. The summed E-state index contributed by atoms with van der Waals surface area (Å²) >= 11 is 0. The Bertz CT molecular complexity index is 2480. The van der Waals surface area contributed by atoms with Crippen LogP contribution in [0.5, 0.6) is 0 Å². The molecule has 0 heterocycles. The number of nitrogens with one attached hydrogen (secondary N) is 7. The van der Waals surface area contributed by atoms with Gasteiger partial charge in [0.05, 0.1) is 11.1 Å². The molecule has 0 saturated carbocycles. The van der Waals surface area contributed by atoms with Gasteiger partial charge in [-0.25, -0.2) is 28.8 Å². The molecule has 0 spiro atoms. The van der Waals surface area contributed by atoms with Gasteiger partial charge in [-0.05, 0) is 163 Å². The number of carboxylic acids is 3. The predicted octanol–water partition coefficient (Wildman–Crippen LogP) is 7.86. The van der Waals surface area contributed by atoms with Gasteiger partial charge in [-0.15, -0.1) is 0 Å². The van der Waals surface area contributed by atoms with Crippen LogP contribution in [0.3, 0.4) is 0 Å². The lowest BCUT2D eigenvalue weighted by atomic mass is 10.1. The second-order valence-corrected chi connectivity index (χ2v) is 21.5. The molecule has 24 nitrogen and oxygen atoms in total. The van der Waals surface area contributed by atoms with E-state index in [0.29, 0.717) is 50.0 Å². The number of alkyl carbamates (subject to hydrolysis) is 4. The van der Waals surface area contributed by atoms with Gasteiger partial charge in [0.15, 0.2) is 0 Å². The maximum Gasteiger partial charge on any atom is 0.408 e. The lowest BCUT2D eigenvalue weighted by Gasteiger charge is -2.23. The van der Waals surface area contributed by atoms with Crippen molar-refractivity contribution in [2.24, 2.45) is 0 Å². The van der Waals surface area contributed by atoms with Gasteiger partial charge in [-0.1, -0.05) is 30.3 Å². The lowest BCUT2D eigenvalue weighted by molar-refractivity contribution is -0.137. The molecule has 10 N–H and O–H groups in total. The molecule has 0 saturated heterocycles. The molecule has 0 radical (unpaired) electrons. The Morgan fingerprint density at radius 1 is 0.456 bits per heavy atom. The number of anilines is 2. The van der Waals surface area contributed by atoms with Crippen molar-refractivity contribution in [3.63, 3.8) is 0 Å². The molecular formula is C55H79N7O17. The number of benzene rings is 3. The minimum absolute atomic E-state index is 0.0247. The normalized spacial score (nSPS) is 11.8. The zero-order chi connectivity index (χ0) is 60.1. The number of ether oxygens (including phenoxy) is 4. The van der Waals surface area contributed by atoms with Crippen LogP contribution in [0.15, 0.2) is 78.9 Å². The summed E-state index contributed by atoms with van der Waals surface area (Å²) in [5.74, 6) is -4.31. The van der Waals surface area contributed by atoms with Gasteiger partial charge >= 0.3 is 42.3 Å². The zero-order valence-corrected chi connectivity index (χ0v) is 47.1. The van der Waals surface area contributed by atoms with Crippen molar-refractivity contribution in [1.29, 1.82) is 0 Å².